The number of allylic oxidation sites excluding steroid dienone is 2. The summed E-state index contributed by atoms with van der Waals surface area (Å²) >= 11 is 2.09. The van der Waals surface area contributed by atoms with Crippen LogP contribution in [-0.4, -0.2) is 17.8 Å². The van der Waals surface area contributed by atoms with Crippen LogP contribution in [0.2, 0.25) is 0 Å². The molecule has 4 aromatic rings. The Hall–Kier alpha value is -3.86. The van der Waals surface area contributed by atoms with E-state index in [9.17, 15) is 0 Å². The van der Waals surface area contributed by atoms with Crippen molar-refractivity contribution < 1.29 is 26.3 Å². The van der Waals surface area contributed by atoms with Crippen LogP contribution in [-0.2, 0) is 0 Å². The summed E-state index contributed by atoms with van der Waals surface area (Å²) in [6.45, 7) is 5.81. The van der Waals surface area contributed by atoms with Crippen molar-refractivity contribution in [3.05, 3.63) is 91.7 Å². The van der Waals surface area contributed by atoms with E-state index in [1.165, 1.54) is 52.0 Å². The number of halogens is 6. The summed E-state index contributed by atoms with van der Waals surface area (Å²) in [5, 5.41) is 18.2. The summed E-state index contributed by atoms with van der Waals surface area (Å²) < 4.78 is 93.1. The molecule has 1 aliphatic carbocycles. The molecule has 2 aromatic carbocycles. The summed E-state index contributed by atoms with van der Waals surface area (Å²) in [7, 11) is 0. The molecule has 2 heterocycles. The van der Waals surface area contributed by atoms with E-state index in [1.54, 1.807) is 24.3 Å². The van der Waals surface area contributed by atoms with Crippen molar-refractivity contribution in [1.82, 2.24) is 0 Å². The highest BCUT2D eigenvalue weighted by molar-refractivity contribution is 7.16. The fraction of sp³-hybridized carbons (Fsp3) is 0.226. The van der Waals surface area contributed by atoms with Gasteiger partial charge in [0.25, 0.3) is 0 Å². The number of alkyl halides is 6. The van der Waals surface area contributed by atoms with Gasteiger partial charge in [-0.25, -0.2) is 0 Å². The number of benzene rings is 2. The molecule has 2 nitrogen and oxygen atoms in total. The van der Waals surface area contributed by atoms with E-state index < -0.39 is 28.9 Å². The molecular weight excluding hydrogens is 578 g/mol. The van der Waals surface area contributed by atoms with Crippen LogP contribution in [0.5, 0.6) is 0 Å². The Labute approximate surface area is 240 Å². The second-order valence-corrected chi connectivity index (χ2v) is 12.3. The molecule has 0 N–H and O–H groups in total. The van der Waals surface area contributed by atoms with E-state index in [-0.39, 0.29) is 32.0 Å². The Morgan fingerprint density at radius 1 is 0.561 bits per heavy atom. The Morgan fingerprint density at radius 2 is 0.878 bits per heavy atom. The molecule has 0 radical (unpaired) electrons. The van der Waals surface area contributed by atoms with Gasteiger partial charge in [0.05, 0.1) is 23.3 Å². The number of thiophene rings is 2. The van der Waals surface area contributed by atoms with Gasteiger partial charge in [-0.15, -0.1) is 22.7 Å². The van der Waals surface area contributed by atoms with E-state index in [0.717, 1.165) is 22.7 Å². The number of hydrogen-bond acceptors (Lipinski definition) is 4. The lowest BCUT2D eigenvalue weighted by Crippen LogP contribution is -2.49. The Morgan fingerprint density at radius 3 is 1.17 bits per heavy atom. The first-order valence-corrected chi connectivity index (χ1v) is 13.9. The molecule has 208 valence electrons. The predicted octanol–water partition coefficient (Wildman–Crippen LogP) is 9.95. The van der Waals surface area contributed by atoms with Crippen molar-refractivity contribution in [3.8, 4) is 33.0 Å². The van der Waals surface area contributed by atoms with Crippen molar-refractivity contribution in [2.24, 2.45) is 0 Å². The average Bonchev–Trinajstić information content (AvgIpc) is 3.43. The lowest BCUT2D eigenvalue weighted by molar-refractivity contribution is -0.254. The molecule has 0 fully saturated rings. The zero-order valence-electron chi connectivity index (χ0n) is 22.1. The molecule has 0 amide bonds. The predicted molar refractivity (Wildman–Crippen MR) is 150 cm³/mol. The molecule has 0 aliphatic heterocycles. The van der Waals surface area contributed by atoms with E-state index in [0.29, 0.717) is 32.0 Å². The standard InChI is InChI=1S/C31H20F6N2S2/c1-15-23(17(3)40-27(15)21-9-5-19(13-38)6-10-21)25-26(30(34,35)31(36,37)29(25,32)33)24-16(2)28(41-18(24)4)22-11-7-20(14-39)8-12-22/h5-12H,1-4H3. The van der Waals surface area contributed by atoms with Crippen LogP contribution >= 0.6 is 22.7 Å². The fourth-order valence-electron chi connectivity index (χ4n) is 5.38. The molecular formula is C31H20F6N2S2. The monoisotopic (exact) mass is 598 g/mol. The van der Waals surface area contributed by atoms with E-state index >= 15 is 26.3 Å². The largest absolute Gasteiger partial charge is 0.380 e. The average molecular weight is 599 g/mol. The maximum absolute atomic E-state index is 15.7. The zero-order chi connectivity index (χ0) is 30.1. The van der Waals surface area contributed by atoms with Crippen molar-refractivity contribution in [2.45, 2.75) is 45.5 Å². The smallest absolute Gasteiger partial charge is 0.194 e. The van der Waals surface area contributed by atoms with Crippen molar-refractivity contribution >= 4 is 33.8 Å². The molecule has 0 saturated heterocycles. The summed E-state index contributed by atoms with van der Waals surface area (Å²) in [6, 6.07) is 16.5. The van der Waals surface area contributed by atoms with E-state index in [4.69, 9.17) is 10.5 Å². The third-order valence-corrected chi connectivity index (χ3v) is 9.88. The van der Waals surface area contributed by atoms with Gasteiger partial charge in [0.2, 0.25) is 0 Å². The number of hydrogen-bond donors (Lipinski definition) is 0. The third kappa shape index (κ3) is 4.04. The lowest BCUT2D eigenvalue weighted by atomic mass is 9.89. The summed E-state index contributed by atoms with van der Waals surface area (Å²) in [5.74, 6) is -16.0. The van der Waals surface area contributed by atoms with Gasteiger partial charge >= 0.3 is 17.8 Å². The SMILES string of the molecule is Cc1sc(-c2ccc(C#N)cc2)c(C)c1C1=C(c2c(C)sc(-c3ccc(C#N)cc3)c2C)C(F)(F)C(F)(F)C1(F)F. The first-order chi connectivity index (χ1) is 19.2. The van der Waals surface area contributed by atoms with Gasteiger partial charge in [-0.1, -0.05) is 24.3 Å². The minimum atomic E-state index is -5.67. The van der Waals surface area contributed by atoms with Crippen LogP contribution in [0.25, 0.3) is 32.0 Å². The van der Waals surface area contributed by atoms with E-state index in [1.807, 2.05) is 12.1 Å². The first-order valence-electron chi connectivity index (χ1n) is 12.3. The molecule has 0 saturated carbocycles. The second kappa shape index (κ2) is 9.61. The van der Waals surface area contributed by atoms with Crippen LogP contribution in [0.4, 0.5) is 26.3 Å². The quantitative estimate of drug-likeness (QED) is 0.220. The van der Waals surface area contributed by atoms with Crippen molar-refractivity contribution in [3.63, 3.8) is 0 Å². The van der Waals surface area contributed by atoms with Crippen LogP contribution in [0.15, 0.2) is 48.5 Å². The summed E-state index contributed by atoms with van der Waals surface area (Å²) in [6.07, 6.45) is 0. The number of nitriles is 2. The minimum Gasteiger partial charge on any atom is -0.194 e. The van der Waals surface area contributed by atoms with Gasteiger partial charge in [0, 0.05) is 41.8 Å². The zero-order valence-corrected chi connectivity index (χ0v) is 23.7. The molecule has 10 heteroatoms. The molecule has 2 aromatic heterocycles. The number of rotatable bonds is 4. The molecule has 5 rings (SSSR count). The Bertz CT molecular complexity index is 1680. The highest BCUT2D eigenvalue weighted by atomic mass is 32.1. The van der Waals surface area contributed by atoms with Crippen LogP contribution < -0.4 is 0 Å². The minimum absolute atomic E-state index is 0.177. The van der Waals surface area contributed by atoms with Gasteiger partial charge in [-0.05, 0) is 74.2 Å². The van der Waals surface area contributed by atoms with Crippen molar-refractivity contribution in [1.29, 1.82) is 10.5 Å². The number of nitrogens with zero attached hydrogens (tertiary/aromatic N) is 2. The molecule has 0 unspecified atom stereocenters. The fourth-order valence-corrected chi connectivity index (χ4v) is 7.72. The van der Waals surface area contributed by atoms with Crippen molar-refractivity contribution in [2.75, 3.05) is 0 Å². The van der Waals surface area contributed by atoms with Gasteiger partial charge in [-0.3, -0.25) is 0 Å². The van der Waals surface area contributed by atoms with Gasteiger partial charge < -0.3 is 0 Å². The maximum atomic E-state index is 15.7. The second-order valence-electron chi connectivity index (χ2n) is 9.83. The molecule has 41 heavy (non-hydrogen) atoms. The highest BCUT2D eigenvalue weighted by Gasteiger charge is 2.80. The molecule has 0 spiro atoms. The molecule has 1 aliphatic rings. The topological polar surface area (TPSA) is 47.6 Å². The van der Waals surface area contributed by atoms with Gasteiger partial charge in [0.15, 0.2) is 0 Å². The summed E-state index contributed by atoms with van der Waals surface area (Å²) in [4.78, 5) is 1.31. The van der Waals surface area contributed by atoms with E-state index in [2.05, 4.69) is 0 Å². The van der Waals surface area contributed by atoms with Gasteiger partial charge in [0.1, 0.15) is 0 Å². The molecule has 0 atom stereocenters. The normalized spacial score (nSPS) is 17.0. The Balaban J connectivity index is 1.81. The molecule has 0 bridgehead atoms. The first kappa shape index (κ1) is 28.7. The van der Waals surface area contributed by atoms with Crippen LogP contribution in [0.1, 0.15) is 43.1 Å². The maximum Gasteiger partial charge on any atom is 0.380 e. The lowest BCUT2D eigenvalue weighted by Gasteiger charge is -2.26. The van der Waals surface area contributed by atoms with Gasteiger partial charge in [-0.2, -0.15) is 36.9 Å². The third-order valence-electron chi connectivity index (χ3n) is 7.36. The van der Waals surface area contributed by atoms with Crippen LogP contribution in [0.3, 0.4) is 0 Å². The number of aryl methyl sites for hydroxylation is 2. The Kier molecular flexibility index (Phi) is 6.72. The summed E-state index contributed by atoms with van der Waals surface area (Å²) in [5.41, 5.74) is -1.19. The van der Waals surface area contributed by atoms with Crippen LogP contribution in [0, 0.1) is 50.4 Å². The highest BCUT2D eigenvalue weighted by Crippen LogP contribution is 2.67.